The van der Waals surface area contributed by atoms with E-state index in [4.69, 9.17) is 9.15 Å². The molecule has 164 valence electrons. The first-order valence-corrected chi connectivity index (χ1v) is 10.9. The van der Waals surface area contributed by atoms with Crippen molar-refractivity contribution >= 4 is 34.8 Å². The number of hydrogen-bond donors (Lipinski definition) is 0. The molecule has 2 heterocycles. The summed E-state index contributed by atoms with van der Waals surface area (Å²) < 4.78 is 38.1. The molecule has 0 saturated heterocycles. The highest BCUT2D eigenvalue weighted by Gasteiger charge is 2.40. The smallest absolute Gasteiger partial charge is 0.272 e. The number of rotatable bonds is 8. The van der Waals surface area contributed by atoms with Crippen molar-refractivity contribution in [2.75, 3.05) is 11.5 Å². The minimum atomic E-state index is -1.14. The van der Waals surface area contributed by atoms with Gasteiger partial charge in [-0.25, -0.2) is 13.7 Å². The Morgan fingerprint density at radius 2 is 1.78 bits per heavy atom. The minimum absolute atomic E-state index is 0.0344. The van der Waals surface area contributed by atoms with Crippen LogP contribution in [-0.2, 0) is 15.3 Å². The van der Waals surface area contributed by atoms with Crippen LogP contribution in [-0.4, -0.2) is 18.4 Å². The van der Waals surface area contributed by atoms with E-state index in [0.29, 0.717) is 29.4 Å². The highest BCUT2D eigenvalue weighted by Crippen LogP contribution is 2.40. The van der Waals surface area contributed by atoms with Crippen LogP contribution >= 0.6 is 11.8 Å². The standard InChI is InChI=1S/C24H19F2NO4S/c1-2-11-30-17-8-5-15(6-9-17)21-22(32-14-18-4-3-12-31-18)24(29)27(23(21)28)16-7-10-19(25)20(26)13-16/h3-10,12-13H,2,11,14H2,1H3. The number of furan rings is 1. The number of nitrogens with zero attached hydrogens (tertiary/aromatic N) is 1. The van der Waals surface area contributed by atoms with Gasteiger partial charge in [-0.15, -0.1) is 11.8 Å². The first kappa shape index (κ1) is 21.8. The molecular weight excluding hydrogens is 436 g/mol. The maximum absolute atomic E-state index is 13.8. The van der Waals surface area contributed by atoms with Crippen molar-refractivity contribution in [3.05, 3.63) is 88.7 Å². The summed E-state index contributed by atoms with van der Waals surface area (Å²) in [5.74, 6) is -1.79. The fraction of sp³-hybridized carbons (Fsp3) is 0.167. The fourth-order valence-corrected chi connectivity index (χ4v) is 4.25. The van der Waals surface area contributed by atoms with E-state index in [-0.39, 0.29) is 16.2 Å². The minimum Gasteiger partial charge on any atom is -0.494 e. The fourth-order valence-electron chi connectivity index (χ4n) is 3.23. The summed E-state index contributed by atoms with van der Waals surface area (Å²) in [6.45, 7) is 2.56. The van der Waals surface area contributed by atoms with Crippen LogP contribution in [0.5, 0.6) is 5.75 Å². The third kappa shape index (κ3) is 4.31. The van der Waals surface area contributed by atoms with Crippen molar-refractivity contribution in [3.63, 3.8) is 0 Å². The molecule has 1 aliphatic rings. The quantitative estimate of drug-likeness (QED) is 0.416. The summed E-state index contributed by atoms with van der Waals surface area (Å²) in [6.07, 6.45) is 2.38. The summed E-state index contributed by atoms with van der Waals surface area (Å²) in [6, 6.07) is 13.3. The molecule has 5 nitrogen and oxygen atoms in total. The Kier molecular flexibility index (Phi) is 6.41. The lowest BCUT2D eigenvalue weighted by atomic mass is 10.1. The maximum Gasteiger partial charge on any atom is 0.272 e. The van der Waals surface area contributed by atoms with Crippen molar-refractivity contribution in [1.82, 2.24) is 0 Å². The highest BCUT2D eigenvalue weighted by molar-refractivity contribution is 8.03. The van der Waals surface area contributed by atoms with Gasteiger partial charge in [-0.3, -0.25) is 9.59 Å². The second-order valence-corrected chi connectivity index (χ2v) is 7.97. The second kappa shape index (κ2) is 9.40. The second-order valence-electron chi connectivity index (χ2n) is 6.99. The molecule has 0 fully saturated rings. The molecule has 3 aromatic rings. The summed E-state index contributed by atoms with van der Waals surface area (Å²) >= 11 is 1.16. The Balaban J connectivity index is 1.71. The van der Waals surface area contributed by atoms with Crippen molar-refractivity contribution < 1.29 is 27.5 Å². The molecule has 4 rings (SSSR count). The van der Waals surface area contributed by atoms with E-state index in [9.17, 15) is 18.4 Å². The predicted octanol–water partition coefficient (Wildman–Crippen LogP) is 5.56. The summed E-state index contributed by atoms with van der Waals surface area (Å²) in [4.78, 5) is 27.6. The van der Waals surface area contributed by atoms with E-state index < -0.39 is 23.4 Å². The van der Waals surface area contributed by atoms with Crippen LogP contribution in [0.3, 0.4) is 0 Å². The van der Waals surface area contributed by atoms with E-state index in [2.05, 4.69) is 0 Å². The van der Waals surface area contributed by atoms with Crippen LogP contribution in [0.1, 0.15) is 24.7 Å². The van der Waals surface area contributed by atoms with Gasteiger partial charge in [-0.1, -0.05) is 19.1 Å². The average Bonchev–Trinajstić information content (AvgIpc) is 3.39. The molecule has 32 heavy (non-hydrogen) atoms. The Morgan fingerprint density at radius 1 is 1.00 bits per heavy atom. The van der Waals surface area contributed by atoms with E-state index >= 15 is 0 Å². The van der Waals surface area contributed by atoms with Gasteiger partial charge in [-0.2, -0.15) is 0 Å². The molecule has 0 aliphatic carbocycles. The van der Waals surface area contributed by atoms with Gasteiger partial charge in [0.05, 0.1) is 34.8 Å². The third-order valence-corrected chi connectivity index (χ3v) is 5.85. The van der Waals surface area contributed by atoms with E-state index in [1.165, 1.54) is 12.3 Å². The van der Waals surface area contributed by atoms with Crippen molar-refractivity contribution in [3.8, 4) is 5.75 Å². The lowest BCUT2D eigenvalue weighted by molar-refractivity contribution is -0.119. The molecule has 0 saturated carbocycles. The first-order chi connectivity index (χ1) is 15.5. The number of benzene rings is 2. The highest BCUT2D eigenvalue weighted by atomic mass is 32.2. The molecule has 2 aromatic carbocycles. The maximum atomic E-state index is 13.8. The molecule has 0 bridgehead atoms. The van der Waals surface area contributed by atoms with Crippen LogP contribution in [0.2, 0.25) is 0 Å². The Morgan fingerprint density at radius 3 is 2.44 bits per heavy atom. The number of carbonyl (C=O) groups excluding carboxylic acids is 2. The van der Waals surface area contributed by atoms with Gasteiger partial charge >= 0.3 is 0 Å². The number of carbonyl (C=O) groups is 2. The van der Waals surface area contributed by atoms with Crippen molar-refractivity contribution in [2.45, 2.75) is 19.1 Å². The molecule has 0 atom stereocenters. The number of thioether (sulfide) groups is 1. The molecule has 0 spiro atoms. The molecule has 0 unspecified atom stereocenters. The molecule has 0 N–H and O–H groups in total. The van der Waals surface area contributed by atoms with Gasteiger partial charge in [-0.05, 0) is 48.4 Å². The normalized spacial score (nSPS) is 13.9. The first-order valence-electron chi connectivity index (χ1n) is 9.96. The number of ether oxygens (including phenoxy) is 1. The number of halogens is 2. The van der Waals surface area contributed by atoms with Crippen LogP contribution in [0, 0.1) is 11.6 Å². The number of anilines is 1. The summed E-state index contributed by atoms with van der Waals surface area (Å²) in [7, 11) is 0. The van der Waals surface area contributed by atoms with E-state index in [1.54, 1.807) is 36.4 Å². The lowest BCUT2D eigenvalue weighted by Crippen LogP contribution is -2.31. The zero-order valence-corrected chi connectivity index (χ0v) is 18.0. The SMILES string of the molecule is CCCOc1ccc(C2=C(SCc3ccco3)C(=O)N(c3ccc(F)c(F)c3)C2=O)cc1. The monoisotopic (exact) mass is 455 g/mol. The Bertz CT molecular complexity index is 1170. The van der Waals surface area contributed by atoms with E-state index in [1.807, 2.05) is 6.92 Å². The Hall–Kier alpha value is -3.39. The average molecular weight is 455 g/mol. The summed E-state index contributed by atoms with van der Waals surface area (Å²) in [5.41, 5.74) is 0.686. The number of imide groups is 1. The largest absolute Gasteiger partial charge is 0.494 e. The predicted molar refractivity (Wildman–Crippen MR) is 118 cm³/mol. The van der Waals surface area contributed by atoms with Crippen molar-refractivity contribution in [1.29, 1.82) is 0 Å². The lowest BCUT2D eigenvalue weighted by Gasteiger charge is -2.15. The van der Waals surface area contributed by atoms with Gasteiger partial charge in [0.2, 0.25) is 0 Å². The molecule has 1 aliphatic heterocycles. The number of hydrogen-bond acceptors (Lipinski definition) is 5. The summed E-state index contributed by atoms with van der Waals surface area (Å²) in [5, 5.41) is 0. The van der Waals surface area contributed by atoms with Crippen LogP contribution < -0.4 is 9.64 Å². The zero-order chi connectivity index (χ0) is 22.7. The molecule has 0 radical (unpaired) electrons. The van der Waals surface area contributed by atoms with Crippen LogP contribution in [0.15, 0.2) is 70.2 Å². The molecule has 1 aromatic heterocycles. The zero-order valence-electron chi connectivity index (χ0n) is 17.1. The molecular formula is C24H19F2NO4S. The Labute approximate surface area is 187 Å². The topological polar surface area (TPSA) is 59.8 Å². The molecule has 2 amide bonds. The van der Waals surface area contributed by atoms with E-state index in [0.717, 1.165) is 35.2 Å². The van der Waals surface area contributed by atoms with Gasteiger partial charge in [0.15, 0.2) is 11.6 Å². The van der Waals surface area contributed by atoms with Gasteiger partial charge in [0.25, 0.3) is 11.8 Å². The van der Waals surface area contributed by atoms with Gasteiger partial charge in [0, 0.05) is 6.07 Å². The third-order valence-electron chi connectivity index (χ3n) is 4.76. The van der Waals surface area contributed by atoms with Crippen LogP contribution in [0.25, 0.3) is 5.57 Å². The number of amides is 2. The van der Waals surface area contributed by atoms with Crippen LogP contribution in [0.4, 0.5) is 14.5 Å². The van der Waals surface area contributed by atoms with Gasteiger partial charge < -0.3 is 9.15 Å². The van der Waals surface area contributed by atoms with Crippen molar-refractivity contribution in [2.24, 2.45) is 0 Å². The van der Waals surface area contributed by atoms with Gasteiger partial charge in [0.1, 0.15) is 11.5 Å². The molecule has 8 heteroatoms.